The van der Waals surface area contributed by atoms with Crippen molar-refractivity contribution in [2.75, 3.05) is 12.0 Å². The molecule has 4 unspecified atom stereocenters. The number of phenols is 1. The summed E-state index contributed by atoms with van der Waals surface area (Å²) < 4.78 is 5.32. The van der Waals surface area contributed by atoms with Gasteiger partial charge in [-0.15, -0.1) is 0 Å². The van der Waals surface area contributed by atoms with E-state index in [0.29, 0.717) is 33.5 Å². The fourth-order valence-corrected chi connectivity index (χ4v) is 6.77. The molecule has 3 aliphatic carbocycles. The third kappa shape index (κ3) is 3.62. The molecule has 0 bridgehead atoms. The number of hydrogen-bond donors (Lipinski definition) is 1. The van der Waals surface area contributed by atoms with E-state index in [0.717, 1.165) is 5.57 Å². The van der Waals surface area contributed by atoms with Gasteiger partial charge in [0.15, 0.2) is 28.8 Å². The number of amides is 2. The topological polar surface area (TPSA) is 118 Å². The van der Waals surface area contributed by atoms with Crippen molar-refractivity contribution < 1.29 is 33.8 Å². The predicted octanol–water partition coefficient (Wildman–Crippen LogP) is 4.24. The minimum absolute atomic E-state index is 0.123. The number of carbonyl (C=O) groups is 5. The number of imide groups is 1. The van der Waals surface area contributed by atoms with E-state index in [-0.39, 0.29) is 53.5 Å². The number of carbonyl (C=O) groups excluding carboxylic acids is 5. The molecular weight excluding hydrogens is 510 g/mol. The third-order valence-electron chi connectivity index (χ3n) is 8.66. The van der Waals surface area contributed by atoms with Gasteiger partial charge in [0.2, 0.25) is 11.8 Å². The SMILES string of the molecule is COc1cccc(C2C3=CCC4C(=O)N(c5ccc(C(C)=O)cc5)C(=O)C4C3CC3=C2C(=O)C=C(C)C3=O)c1O. The van der Waals surface area contributed by atoms with Crippen LogP contribution in [-0.4, -0.2) is 41.4 Å². The molecule has 8 nitrogen and oxygen atoms in total. The van der Waals surface area contributed by atoms with Gasteiger partial charge in [-0.25, -0.2) is 0 Å². The number of hydrogen-bond acceptors (Lipinski definition) is 7. The van der Waals surface area contributed by atoms with Gasteiger partial charge in [0, 0.05) is 33.8 Å². The lowest BCUT2D eigenvalue weighted by atomic mass is 9.59. The quantitative estimate of drug-likeness (QED) is 0.268. The highest BCUT2D eigenvalue weighted by Crippen LogP contribution is 2.57. The number of Topliss-reactive ketones (excluding diaryl/α,β-unsaturated/α-hetero) is 2. The van der Waals surface area contributed by atoms with Crippen LogP contribution in [0.25, 0.3) is 0 Å². The predicted molar refractivity (Wildman–Crippen MR) is 145 cm³/mol. The van der Waals surface area contributed by atoms with E-state index < -0.39 is 23.7 Å². The minimum Gasteiger partial charge on any atom is -0.504 e. The molecule has 2 aromatic carbocycles. The Balaban J connectivity index is 1.47. The number of ether oxygens (including phenoxy) is 1. The van der Waals surface area contributed by atoms with E-state index in [4.69, 9.17) is 4.74 Å². The summed E-state index contributed by atoms with van der Waals surface area (Å²) in [6, 6.07) is 11.4. The maximum Gasteiger partial charge on any atom is 0.238 e. The van der Waals surface area contributed by atoms with Crippen LogP contribution in [0.4, 0.5) is 5.69 Å². The van der Waals surface area contributed by atoms with Crippen molar-refractivity contribution in [1.82, 2.24) is 0 Å². The number of anilines is 1. The van der Waals surface area contributed by atoms with E-state index in [1.165, 1.54) is 25.0 Å². The standard InChI is InChI=1S/C32H27NO7/c1-15-13-24(35)28-23(29(15)36)14-22-19(26(28)20-5-4-6-25(40-3)30(20)37)11-12-21-27(22)32(39)33(31(21)38)18-9-7-17(8-10-18)16(2)34/h4-11,13,21-22,26-27,37H,12,14H2,1-3H3. The Morgan fingerprint density at radius 2 is 1.73 bits per heavy atom. The monoisotopic (exact) mass is 537 g/mol. The van der Waals surface area contributed by atoms with Crippen LogP contribution in [-0.2, 0) is 19.2 Å². The van der Waals surface area contributed by atoms with Crippen LogP contribution in [0, 0.1) is 17.8 Å². The molecule has 1 fully saturated rings. The summed E-state index contributed by atoms with van der Waals surface area (Å²) >= 11 is 0. The number of methoxy groups -OCH3 is 1. The molecular formula is C32H27NO7. The molecule has 202 valence electrons. The van der Waals surface area contributed by atoms with Gasteiger partial charge < -0.3 is 9.84 Å². The lowest BCUT2D eigenvalue weighted by molar-refractivity contribution is -0.123. The number of fused-ring (bicyclic) bond motifs is 3. The summed E-state index contributed by atoms with van der Waals surface area (Å²) in [5.74, 6) is -3.96. The Labute approximate surface area is 230 Å². The van der Waals surface area contributed by atoms with Crippen molar-refractivity contribution in [3.05, 3.63) is 88.0 Å². The first kappa shape index (κ1) is 25.7. The van der Waals surface area contributed by atoms with Crippen molar-refractivity contribution >= 4 is 34.9 Å². The fraction of sp³-hybridized carbons (Fsp3) is 0.281. The summed E-state index contributed by atoms with van der Waals surface area (Å²) in [5.41, 5.74) is 2.95. The van der Waals surface area contributed by atoms with Crippen LogP contribution in [0.5, 0.6) is 11.5 Å². The molecule has 1 heterocycles. The third-order valence-corrected chi connectivity index (χ3v) is 8.66. The van der Waals surface area contributed by atoms with Crippen LogP contribution in [0.1, 0.15) is 48.5 Å². The van der Waals surface area contributed by atoms with Crippen molar-refractivity contribution in [1.29, 1.82) is 0 Å². The molecule has 4 atom stereocenters. The van der Waals surface area contributed by atoms with Crippen molar-refractivity contribution in [2.24, 2.45) is 17.8 Å². The molecule has 2 aromatic rings. The summed E-state index contributed by atoms with van der Waals surface area (Å²) in [6.45, 7) is 3.04. The number of allylic oxidation sites excluding steroid dienone is 6. The van der Waals surface area contributed by atoms with Gasteiger partial charge >= 0.3 is 0 Å². The van der Waals surface area contributed by atoms with Crippen LogP contribution in [0.15, 0.2) is 76.9 Å². The zero-order valence-electron chi connectivity index (χ0n) is 22.3. The summed E-state index contributed by atoms with van der Waals surface area (Å²) in [7, 11) is 1.43. The number of ketones is 3. The van der Waals surface area contributed by atoms with Gasteiger partial charge in [-0.3, -0.25) is 28.9 Å². The fourth-order valence-electron chi connectivity index (χ4n) is 6.77. The highest BCUT2D eigenvalue weighted by molar-refractivity contribution is 6.25. The molecule has 8 heteroatoms. The molecule has 1 aliphatic heterocycles. The number of rotatable bonds is 4. The molecule has 0 saturated carbocycles. The van der Waals surface area contributed by atoms with Gasteiger partial charge in [0.1, 0.15) is 0 Å². The maximum atomic E-state index is 14.0. The highest BCUT2D eigenvalue weighted by atomic mass is 16.5. The molecule has 1 saturated heterocycles. The Morgan fingerprint density at radius 3 is 2.40 bits per heavy atom. The number of phenolic OH excluding ortho intramolecular Hbond substituents is 1. The number of nitrogens with zero attached hydrogens (tertiary/aromatic N) is 1. The van der Waals surface area contributed by atoms with Crippen molar-refractivity contribution in [3.8, 4) is 11.5 Å². The molecule has 4 aliphatic rings. The number of aromatic hydroxyl groups is 1. The second-order valence-electron chi connectivity index (χ2n) is 10.7. The lowest BCUT2D eigenvalue weighted by Crippen LogP contribution is -2.39. The maximum absolute atomic E-state index is 14.0. The van der Waals surface area contributed by atoms with Crippen LogP contribution in [0.3, 0.4) is 0 Å². The molecule has 40 heavy (non-hydrogen) atoms. The molecule has 6 rings (SSSR count). The zero-order chi connectivity index (χ0) is 28.5. The summed E-state index contributed by atoms with van der Waals surface area (Å²) in [6.07, 6.45) is 3.66. The highest BCUT2D eigenvalue weighted by Gasteiger charge is 2.56. The van der Waals surface area contributed by atoms with E-state index in [1.54, 1.807) is 49.4 Å². The second-order valence-corrected chi connectivity index (χ2v) is 10.7. The largest absolute Gasteiger partial charge is 0.504 e. The van der Waals surface area contributed by atoms with E-state index in [2.05, 4.69) is 0 Å². The van der Waals surface area contributed by atoms with Gasteiger partial charge in [0.25, 0.3) is 0 Å². The molecule has 0 spiro atoms. The Bertz CT molecular complexity index is 1620. The Morgan fingerprint density at radius 1 is 1.00 bits per heavy atom. The smallest absolute Gasteiger partial charge is 0.238 e. The van der Waals surface area contributed by atoms with Crippen LogP contribution >= 0.6 is 0 Å². The first-order chi connectivity index (χ1) is 19.1. The average Bonchev–Trinajstić information content (AvgIpc) is 3.20. The number of benzene rings is 2. The van der Waals surface area contributed by atoms with Gasteiger partial charge in [0.05, 0.1) is 24.6 Å². The van der Waals surface area contributed by atoms with Gasteiger partial charge in [-0.2, -0.15) is 0 Å². The Kier molecular flexibility index (Phi) is 5.94. The molecule has 1 N–H and O–H groups in total. The molecule has 2 amide bonds. The molecule has 0 radical (unpaired) electrons. The van der Waals surface area contributed by atoms with Crippen LogP contribution < -0.4 is 9.64 Å². The Hall–Kier alpha value is -4.59. The normalized spacial score (nSPS) is 25.7. The average molecular weight is 538 g/mol. The zero-order valence-corrected chi connectivity index (χ0v) is 22.3. The first-order valence-electron chi connectivity index (χ1n) is 13.2. The summed E-state index contributed by atoms with van der Waals surface area (Å²) in [4.78, 5) is 67.3. The summed E-state index contributed by atoms with van der Waals surface area (Å²) in [5, 5.41) is 11.1. The van der Waals surface area contributed by atoms with Gasteiger partial charge in [-0.05, 0) is 69.0 Å². The second kappa shape index (κ2) is 9.26. The molecule has 0 aromatic heterocycles. The number of para-hydroxylation sites is 1. The van der Waals surface area contributed by atoms with E-state index in [1.807, 2.05) is 6.08 Å². The van der Waals surface area contributed by atoms with E-state index >= 15 is 0 Å². The van der Waals surface area contributed by atoms with Crippen molar-refractivity contribution in [3.63, 3.8) is 0 Å². The minimum atomic E-state index is -0.766. The van der Waals surface area contributed by atoms with Gasteiger partial charge in [-0.1, -0.05) is 23.8 Å². The lowest BCUT2D eigenvalue weighted by Gasteiger charge is -2.42. The van der Waals surface area contributed by atoms with Crippen molar-refractivity contribution in [2.45, 2.75) is 32.6 Å². The van der Waals surface area contributed by atoms with Crippen LogP contribution in [0.2, 0.25) is 0 Å². The van der Waals surface area contributed by atoms with E-state index in [9.17, 15) is 29.1 Å². The first-order valence-corrected chi connectivity index (χ1v) is 13.2.